The Morgan fingerprint density at radius 3 is 2.52 bits per heavy atom. The highest BCUT2D eigenvalue weighted by Crippen LogP contribution is 2.40. The van der Waals surface area contributed by atoms with Gasteiger partial charge in [0.05, 0.1) is 12.2 Å². The van der Waals surface area contributed by atoms with Crippen molar-refractivity contribution < 1.29 is 19.1 Å². The summed E-state index contributed by atoms with van der Waals surface area (Å²) in [7, 11) is 0.308. The molecule has 0 unspecified atom stereocenters. The van der Waals surface area contributed by atoms with E-state index >= 15 is 0 Å². The van der Waals surface area contributed by atoms with Crippen LogP contribution in [0.15, 0.2) is 60.7 Å². The summed E-state index contributed by atoms with van der Waals surface area (Å²) in [6.07, 6.45) is 3.11. The molecule has 1 saturated heterocycles. The molecule has 1 heterocycles. The van der Waals surface area contributed by atoms with Crippen LogP contribution in [0.2, 0.25) is 0 Å². The Balaban J connectivity index is 1.55. The second kappa shape index (κ2) is 9.92. The average molecular weight is 418 g/mol. The molecule has 4 rings (SSSR count). The van der Waals surface area contributed by atoms with Crippen LogP contribution in [0.1, 0.15) is 36.3 Å². The SMILES string of the molecule is O=CBN[C@@H]1CC[C@@H](C(=O)N2C(=O)OC[C@H]2Cc2ccccc2)[C@H](c2ccccc2)C1. The molecule has 1 N–H and O–H groups in total. The molecule has 4 atom stereocenters. The Labute approximate surface area is 183 Å². The van der Waals surface area contributed by atoms with Crippen molar-refractivity contribution in [2.75, 3.05) is 6.61 Å². The minimum absolute atomic E-state index is 0.0163. The van der Waals surface area contributed by atoms with Crippen molar-refractivity contribution in [1.82, 2.24) is 10.1 Å². The van der Waals surface area contributed by atoms with Gasteiger partial charge in [-0.2, -0.15) is 0 Å². The maximum Gasteiger partial charge on any atom is 0.416 e. The van der Waals surface area contributed by atoms with Gasteiger partial charge >= 0.3 is 6.09 Å². The summed E-state index contributed by atoms with van der Waals surface area (Å²) < 4.78 is 5.29. The molecule has 2 aromatic carbocycles. The zero-order valence-electron chi connectivity index (χ0n) is 17.5. The molecular weight excluding hydrogens is 391 g/mol. The van der Waals surface area contributed by atoms with E-state index in [1.807, 2.05) is 60.7 Å². The monoisotopic (exact) mass is 418 g/mol. The lowest BCUT2D eigenvalue weighted by atomic mass is 9.71. The van der Waals surface area contributed by atoms with Gasteiger partial charge in [0, 0.05) is 5.92 Å². The first kappa shape index (κ1) is 21.3. The highest BCUT2D eigenvalue weighted by Gasteiger charge is 2.45. The van der Waals surface area contributed by atoms with E-state index in [0.717, 1.165) is 30.2 Å². The van der Waals surface area contributed by atoms with Crippen LogP contribution < -0.4 is 5.23 Å². The number of cyclic esters (lactones) is 1. The fourth-order valence-corrected chi connectivity index (χ4v) is 4.88. The number of nitrogens with one attached hydrogen (secondary N) is 1. The first-order chi connectivity index (χ1) is 15.2. The Morgan fingerprint density at radius 2 is 1.81 bits per heavy atom. The highest BCUT2D eigenvalue weighted by molar-refractivity contribution is 6.64. The van der Waals surface area contributed by atoms with Crippen molar-refractivity contribution in [3.05, 3.63) is 71.8 Å². The zero-order valence-corrected chi connectivity index (χ0v) is 17.5. The quantitative estimate of drug-likeness (QED) is 0.553. The number of ether oxygens (including phenoxy) is 1. The standard InChI is InChI=1S/C24H27BN2O4/c28-16-25-26-19-11-12-21(22(14-19)18-9-5-2-6-10-18)23(29)27-20(15-31-24(27)30)13-17-7-3-1-4-8-17/h1-10,16,19-22,25-26H,11-15H2/t19-,20-,21-,22+/m1/s1. The summed E-state index contributed by atoms with van der Waals surface area (Å²) in [6, 6.07) is 19.7. The number of carbonyl (C=O) groups is 3. The molecule has 2 aromatic rings. The Morgan fingerprint density at radius 1 is 1.10 bits per heavy atom. The summed E-state index contributed by atoms with van der Waals surface area (Å²) in [5.41, 5.74) is 2.16. The first-order valence-electron chi connectivity index (χ1n) is 10.9. The highest BCUT2D eigenvalue weighted by atomic mass is 16.6. The van der Waals surface area contributed by atoms with Gasteiger partial charge in [-0.25, -0.2) is 9.69 Å². The molecule has 31 heavy (non-hydrogen) atoms. The van der Waals surface area contributed by atoms with Crippen molar-refractivity contribution in [3.8, 4) is 0 Å². The van der Waals surface area contributed by atoms with E-state index in [4.69, 9.17) is 4.74 Å². The van der Waals surface area contributed by atoms with Gasteiger partial charge in [0.1, 0.15) is 6.61 Å². The molecule has 0 radical (unpaired) electrons. The fourth-order valence-electron chi connectivity index (χ4n) is 4.88. The lowest BCUT2D eigenvalue weighted by molar-refractivity contribution is -0.135. The van der Waals surface area contributed by atoms with Crippen LogP contribution in [-0.2, 0) is 20.7 Å². The van der Waals surface area contributed by atoms with E-state index in [1.165, 1.54) is 4.90 Å². The third-order valence-electron chi connectivity index (χ3n) is 6.40. The van der Waals surface area contributed by atoms with Crippen molar-refractivity contribution in [1.29, 1.82) is 0 Å². The van der Waals surface area contributed by atoms with Gasteiger partial charge in [-0.15, -0.1) is 0 Å². The minimum Gasteiger partial charge on any atom is -0.447 e. The summed E-state index contributed by atoms with van der Waals surface area (Å²) >= 11 is 0. The van der Waals surface area contributed by atoms with E-state index in [0.29, 0.717) is 20.3 Å². The first-order valence-corrected chi connectivity index (χ1v) is 10.9. The maximum atomic E-state index is 13.7. The molecule has 160 valence electrons. The number of hydrogen-bond donors (Lipinski definition) is 1. The third-order valence-corrected chi connectivity index (χ3v) is 6.40. The number of benzene rings is 2. The number of rotatable bonds is 7. The molecule has 1 aliphatic heterocycles. The second-order valence-electron chi connectivity index (χ2n) is 8.34. The van der Waals surface area contributed by atoms with Crippen molar-refractivity contribution in [3.63, 3.8) is 0 Å². The van der Waals surface area contributed by atoms with Crippen molar-refractivity contribution in [2.24, 2.45) is 5.92 Å². The van der Waals surface area contributed by atoms with E-state index < -0.39 is 6.09 Å². The normalized spacial score (nSPS) is 25.7. The summed E-state index contributed by atoms with van der Waals surface area (Å²) in [4.78, 5) is 38.4. The zero-order chi connectivity index (χ0) is 21.6. The molecule has 2 amide bonds. The number of carbonyl (C=O) groups excluding carboxylic acids is 3. The van der Waals surface area contributed by atoms with Crippen molar-refractivity contribution in [2.45, 2.75) is 43.7 Å². The Kier molecular flexibility index (Phi) is 6.82. The van der Waals surface area contributed by atoms with Crippen molar-refractivity contribution >= 4 is 25.6 Å². The molecule has 2 fully saturated rings. The Bertz CT molecular complexity index is 908. The molecule has 2 aliphatic rings. The number of imide groups is 1. The van der Waals surface area contributed by atoms with Gasteiger partial charge in [0.2, 0.25) is 5.91 Å². The lowest BCUT2D eigenvalue weighted by Gasteiger charge is -2.37. The molecular formula is C24H27BN2O4. The maximum absolute atomic E-state index is 13.7. The van der Waals surface area contributed by atoms with Gasteiger partial charge in [-0.05, 0) is 48.8 Å². The van der Waals surface area contributed by atoms with Crippen LogP contribution >= 0.6 is 0 Å². The number of amides is 2. The number of nitrogens with zero attached hydrogens (tertiary/aromatic N) is 1. The summed E-state index contributed by atoms with van der Waals surface area (Å²) in [5, 5.41) is 3.27. The van der Waals surface area contributed by atoms with Crippen LogP contribution in [0.5, 0.6) is 0 Å². The third kappa shape index (κ3) is 4.88. The lowest BCUT2D eigenvalue weighted by Crippen LogP contribution is -2.48. The molecule has 7 heteroatoms. The van der Waals surface area contributed by atoms with E-state index in [1.54, 1.807) is 0 Å². The van der Waals surface area contributed by atoms with Crippen LogP contribution in [0.4, 0.5) is 4.79 Å². The largest absolute Gasteiger partial charge is 0.447 e. The molecule has 0 bridgehead atoms. The second-order valence-corrected chi connectivity index (χ2v) is 8.34. The van der Waals surface area contributed by atoms with E-state index in [9.17, 15) is 14.4 Å². The van der Waals surface area contributed by atoms with Crippen LogP contribution in [-0.4, -0.2) is 49.2 Å². The minimum atomic E-state index is -0.543. The predicted octanol–water partition coefficient (Wildman–Crippen LogP) is 2.66. The fraction of sp³-hybridized carbons (Fsp3) is 0.375. The van der Waals surface area contributed by atoms with Gasteiger partial charge in [0.15, 0.2) is 0 Å². The summed E-state index contributed by atoms with van der Waals surface area (Å²) in [6.45, 7) is 0.228. The van der Waals surface area contributed by atoms with Gasteiger partial charge in [-0.1, -0.05) is 60.7 Å². The van der Waals surface area contributed by atoms with Crippen LogP contribution in [0.3, 0.4) is 0 Å². The topological polar surface area (TPSA) is 75.7 Å². The molecule has 1 aliphatic carbocycles. The molecule has 0 aromatic heterocycles. The predicted molar refractivity (Wildman–Crippen MR) is 119 cm³/mol. The number of hydrogen-bond acceptors (Lipinski definition) is 5. The van der Waals surface area contributed by atoms with Gasteiger partial charge in [-0.3, -0.25) is 4.79 Å². The summed E-state index contributed by atoms with van der Waals surface area (Å²) in [5.74, 6) is -0.455. The van der Waals surface area contributed by atoms with Crippen LogP contribution in [0, 0.1) is 5.92 Å². The molecule has 6 nitrogen and oxygen atoms in total. The average Bonchev–Trinajstić information content (AvgIpc) is 3.18. The molecule has 0 spiro atoms. The van der Waals surface area contributed by atoms with Gasteiger partial charge in [0.25, 0.3) is 7.41 Å². The smallest absolute Gasteiger partial charge is 0.416 e. The van der Waals surface area contributed by atoms with E-state index in [-0.39, 0.29) is 36.4 Å². The van der Waals surface area contributed by atoms with E-state index in [2.05, 4.69) is 5.23 Å². The van der Waals surface area contributed by atoms with Gasteiger partial charge < -0.3 is 14.8 Å². The molecule has 1 saturated carbocycles. The Hall–Kier alpha value is -2.93. The van der Waals surface area contributed by atoms with Crippen LogP contribution in [0.25, 0.3) is 0 Å².